The molecule has 0 aliphatic carbocycles. The highest BCUT2D eigenvalue weighted by molar-refractivity contribution is 7.90. The standard InChI is InChI=1S/C29H27Cl2N3O4S/c1-38-26-17-22(29(35)34-14-12-33(13-15-34)18-20-7-10-24(30)25(31)16-20)8-9-23(26)19-39(36,37)27-6-2-4-21-5-3-11-32-28(21)27/h2-11,16-17H,12-15,18-19H2,1H3. The minimum absolute atomic E-state index is 0.116. The molecule has 202 valence electrons. The zero-order chi connectivity index (χ0) is 27.6. The maximum atomic E-state index is 13.4. The van der Waals surface area contributed by atoms with Crippen LogP contribution >= 0.6 is 23.2 Å². The van der Waals surface area contributed by atoms with Gasteiger partial charge in [0.05, 0.1) is 33.3 Å². The first-order chi connectivity index (χ1) is 18.7. The zero-order valence-corrected chi connectivity index (χ0v) is 23.6. The van der Waals surface area contributed by atoms with E-state index >= 15 is 0 Å². The van der Waals surface area contributed by atoms with E-state index in [1.165, 1.54) is 7.11 Å². The van der Waals surface area contributed by atoms with E-state index in [1.54, 1.807) is 53.6 Å². The molecular weight excluding hydrogens is 557 g/mol. The second-order valence-electron chi connectivity index (χ2n) is 9.43. The summed E-state index contributed by atoms with van der Waals surface area (Å²) in [4.78, 5) is 21.8. The molecule has 5 rings (SSSR count). The van der Waals surface area contributed by atoms with Crippen LogP contribution in [0.15, 0.2) is 77.8 Å². The molecule has 0 unspecified atom stereocenters. The highest BCUT2D eigenvalue weighted by Gasteiger charge is 2.25. The number of amides is 1. The third-order valence-corrected chi connectivity index (χ3v) is 9.29. The lowest BCUT2D eigenvalue weighted by atomic mass is 10.1. The first-order valence-electron chi connectivity index (χ1n) is 12.4. The lowest BCUT2D eigenvalue weighted by Gasteiger charge is -2.35. The Bertz CT molecular complexity index is 1630. The van der Waals surface area contributed by atoms with Crippen LogP contribution in [0.4, 0.5) is 0 Å². The number of fused-ring (bicyclic) bond motifs is 1. The van der Waals surface area contributed by atoms with E-state index in [-0.39, 0.29) is 16.6 Å². The molecule has 0 bridgehead atoms. The van der Waals surface area contributed by atoms with Crippen molar-refractivity contribution in [1.29, 1.82) is 0 Å². The third-order valence-electron chi connectivity index (χ3n) is 6.86. The number of carbonyl (C=O) groups excluding carboxylic acids is 1. The number of aromatic nitrogens is 1. The molecule has 7 nitrogen and oxygen atoms in total. The topological polar surface area (TPSA) is 79.8 Å². The van der Waals surface area contributed by atoms with E-state index in [9.17, 15) is 13.2 Å². The fraction of sp³-hybridized carbons (Fsp3) is 0.241. The Morgan fingerprint density at radius 2 is 1.72 bits per heavy atom. The number of halogens is 2. The van der Waals surface area contributed by atoms with Crippen LogP contribution in [0.2, 0.25) is 10.0 Å². The zero-order valence-electron chi connectivity index (χ0n) is 21.3. The molecule has 2 heterocycles. The van der Waals surface area contributed by atoms with E-state index in [0.29, 0.717) is 45.5 Å². The number of benzene rings is 3. The van der Waals surface area contributed by atoms with Crippen molar-refractivity contribution in [2.24, 2.45) is 0 Å². The van der Waals surface area contributed by atoms with Gasteiger partial charge < -0.3 is 9.64 Å². The van der Waals surface area contributed by atoms with Crippen LogP contribution in [0, 0.1) is 0 Å². The molecule has 0 atom stereocenters. The normalized spacial score (nSPS) is 14.5. The molecule has 4 aromatic rings. The van der Waals surface area contributed by atoms with Gasteiger partial charge in [-0.15, -0.1) is 0 Å². The number of ether oxygens (including phenoxy) is 1. The van der Waals surface area contributed by atoms with Crippen LogP contribution in [-0.2, 0) is 22.1 Å². The Morgan fingerprint density at radius 1 is 0.949 bits per heavy atom. The number of hydrogen-bond donors (Lipinski definition) is 0. The summed E-state index contributed by atoms with van der Waals surface area (Å²) in [5.74, 6) is -0.0284. The van der Waals surface area contributed by atoms with Gasteiger partial charge in [0.1, 0.15) is 5.75 Å². The van der Waals surface area contributed by atoms with Crippen molar-refractivity contribution >= 4 is 49.8 Å². The molecule has 39 heavy (non-hydrogen) atoms. The Morgan fingerprint density at radius 3 is 2.46 bits per heavy atom. The first kappa shape index (κ1) is 27.4. The Labute approximate surface area is 237 Å². The molecule has 1 aliphatic rings. The van der Waals surface area contributed by atoms with Crippen LogP contribution in [-0.4, -0.2) is 62.4 Å². The van der Waals surface area contributed by atoms with Gasteiger partial charge in [0, 0.05) is 55.4 Å². The van der Waals surface area contributed by atoms with E-state index < -0.39 is 9.84 Å². The lowest BCUT2D eigenvalue weighted by Crippen LogP contribution is -2.48. The summed E-state index contributed by atoms with van der Waals surface area (Å²) < 4.78 is 32.2. The fourth-order valence-electron chi connectivity index (χ4n) is 4.79. The van der Waals surface area contributed by atoms with Crippen molar-refractivity contribution in [3.05, 3.63) is 99.7 Å². The predicted octanol–water partition coefficient (Wildman–Crippen LogP) is 5.48. The molecule has 1 fully saturated rings. The van der Waals surface area contributed by atoms with Gasteiger partial charge in [-0.1, -0.05) is 53.5 Å². The van der Waals surface area contributed by atoms with E-state index in [4.69, 9.17) is 27.9 Å². The van der Waals surface area contributed by atoms with Gasteiger partial charge in [-0.05, 0) is 42.0 Å². The van der Waals surface area contributed by atoms with Gasteiger partial charge in [0.15, 0.2) is 9.84 Å². The van der Waals surface area contributed by atoms with E-state index in [0.717, 1.165) is 30.6 Å². The summed E-state index contributed by atoms with van der Waals surface area (Å²) in [5, 5.41) is 1.81. The number of para-hydroxylation sites is 1. The molecule has 0 saturated carbocycles. The average Bonchev–Trinajstić information content (AvgIpc) is 2.95. The summed E-state index contributed by atoms with van der Waals surface area (Å²) in [5.41, 5.74) is 2.44. The molecule has 0 spiro atoms. The number of sulfone groups is 1. The lowest BCUT2D eigenvalue weighted by molar-refractivity contribution is 0.0628. The van der Waals surface area contributed by atoms with Crippen LogP contribution in [0.3, 0.4) is 0 Å². The van der Waals surface area contributed by atoms with Gasteiger partial charge in [-0.25, -0.2) is 8.42 Å². The molecule has 1 amide bonds. The second-order valence-corrected chi connectivity index (χ2v) is 12.2. The minimum Gasteiger partial charge on any atom is -0.496 e. The summed E-state index contributed by atoms with van der Waals surface area (Å²) in [7, 11) is -2.25. The fourth-order valence-corrected chi connectivity index (χ4v) is 6.67. The molecule has 0 N–H and O–H groups in total. The van der Waals surface area contributed by atoms with Crippen molar-refractivity contribution in [2.75, 3.05) is 33.3 Å². The Hall–Kier alpha value is -3.17. The van der Waals surface area contributed by atoms with E-state index in [1.807, 2.05) is 24.3 Å². The van der Waals surface area contributed by atoms with Crippen molar-refractivity contribution in [1.82, 2.24) is 14.8 Å². The van der Waals surface area contributed by atoms with Crippen LogP contribution < -0.4 is 4.74 Å². The molecule has 0 radical (unpaired) electrons. The van der Waals surface area contributed by atoms with Crippen molar-refractivity contribution in [2.45, 2.75) is 17.2 Å². The van der Waals surface area contributed by atoms with Crippen molar-refractivity contribution < 1.29 is 17.9 Å². The Kier molecular flexibility index (Phi) is 8.09. The highest BCUT2D eigenvalue weighted by atomic mass is 35.5. The van der Waals surface area contributed by atoms with Crippen LogP contribution in [0.1, 0.15) is 21.5 Å². The van der Waals surface area contributed by atoms with Gasteiger partial charge >= 0.3 is 0 Å². The Balaban J connectivity index is 1.27. The van der Waals surface area contributed by atoms with Gasteiger partial charge in [-0.2, -0.15) is 0 Å². The second kappa shape index (κ2) is 11.5. The number of nitrogens with zero attached hydrogens (tertiary/aromatic N) is 3. The maximum absolute atomic E-state index is 13.4. The molecular formula is C29H27Cl2N3O4S. The summed E-state index contributed by atoms with van der Waals surface area (Å²) in [6, 6.07) is 19.3. The third kappa shape index (κ3) is 6.04. The molecule has 10 heteroatoms. The highest BCUT2D eigenvalue weighted by Crippen LogP contribution is 2.29. The van der Waals surface area contributed by atoms with Gasteiger partial charge in [0.2, 0.25) is 0 Å². The van der Waals surface area contributed by atoms with Gasteiger partial charge in [0.25, 0.3) is 5.91 Å². The summed E-state index contributed by atoms with van der Waals surface area (Å²) in [6.45, 7) is 3.32. The number of piperazine rings is 1. The SMILES string of the molecule is COc1cc(C(=O)N2CCN(Cc3ccc(Cl)c(Cl)c3)CC2)ccc1CS(=O)(=O)c1cccc2cccnc12. The van der Waals surface area contributed by atoms with E-state index in [2.05, 4.69) is 9.88 Å². The molecule has 1 aliphatic heterocycles. The monoisotopic (exact) mass is 583 g/mol. The number of hydrogen-bond acceptors (Lipinski definition) is 6. The van der Waals surface area contributed by atoms with Crippen LogP contribution in [0.5, 0.6) is 5.75 Å². The minimum atomic E-state index is -3.72. The first-order valence-corrected chi connectivity index (χ1v) is 14.8. The quantitative estimate of drug-likeness (QED) is 0.286. The number of methoxy groups -OCH3 is 1. The smallest absolute Gasteiger partial charge is 0.254 e. The average molecular weight is 585 g/mol. The largest absolute Gasteiger partial charge is 0.496 e. The molecule has 1 aromatic heterocycles. The molecule has 3 aromatic carbocycles. The predicted molar refractivity (Wildman–Crippen MR) is 153 cm³/mol. The van der Waals surface area contributed by atoms with Crippen molar-refractivity contribution in [3.63, 3.8) is 0 Å². The maximum Gasteiger partial charge on any atom is 0.254 e. The summed E-state index contributed by atoms with van der Waals surface area (Å²) >= 11 is 12.2. The van der Waals surface area contributed by atoms with Crippen LogP contribution in [0.25, 0.3) is 10.9 Å². The number of carbonyl (C=O) groups is 1. The van der Waals surface area contributed by atoms with Crippen molar-refractivity contribution in [3.8, 4) is 5.75 Å². The number of pyridine rings is 1. The molecule has 1 saturated heterocycles. The van der Waals surface area contributed by atoms with Gasteiger partial charge in [-0.3, -0.25) is 14.7 Å². The summed E-state index contributed by atoms with van der Waals surface area (Å²) in [6.07, 6.45) is 1.58. The number of rotatable bonds is 7.